The van der Waals surface area contributed by atoms with Crippen LogP contribution in [0, 0.1) is 6.92 Å². The van der Waals surface area contributed by atoms with Crippen molar-refractivity contribution in [1.29, 1.82) is 0 Å². The number of hydrogen-bond donors (Lipinski definition) is 0. The zero-order valence-corrected chi connectivity index (χ0v) is 8.78. The van der Waals surface area contributed by atoms with E-state index in [1.54, 1.807) is 13.0 Å². The highest BCUT2D eigenvalue weighted by Crippen LogP contribution is 2.33. The predicted octanol–water partition coefficient (Wildman–Crippen LogP) is 3.55. The van der Waals surface area contributed by atoms with Crippen LogP contribution in [-0.4, -0.2) is 11.3 Å². The molecule has 2 aromatic rings. The van der Waals surface area contributed by atoms with Crippen molar-refractivity contribution in [2.45, 2.75) is 13.3 Å². The highest BCUT2D eigenvalue weighted by atomic mass is 19.4. The Labute approximate surface area is 94.8 Å². The van der Waals surface area contributed by atoms with Gasteiger partial charge in [-0.15, -0.1) is 13.2 Å². The molecule has 0 amide bonds. The average molecular weight is 243 g/mol. The summed E-state index contributed by atoms with van der Waals surface area (Å²) in [6.07, 6.45) is -3.31. The minimum atomic E-state index is -4.74. The number of benzene rings is 1. The quantitative estimate of drug-likeness (QED) is 0.809. The van der Waals surface area contributed by atoms with Gasteiger partial charge >= 0.3 is 6.36 Å². The molecule has 0 saturated heterocycles. The van der Waals surface area contributed by atoms with Crippen molar-refractivity contribution in [2.24, 2.45) is 0 Å². The normalized spacial score (nSPS) is 11.5. The molecule has 0 aliphatic carbocycles. The van der Waals surface area contributed by atoms with Crippen LogP contribution in [-0.2, 0) is 0 Å². The first kappa shape index (κ1) is 11.5. The van der Waals surface area contributed by atoms with Crippen molar-refractivity contribution >= 4 is 0 Å². The minimum Gasteiger partial charge on any atom is -0.441 e. The zero-order valence-electron chi connectivity index (χ0n) is 8.78. The first-order chi connectivity index (χ1) is 7.96. The van der Waals surface area contributed by atoms with Crippen LogP contribution in [0.5, 0.6) is 5.75 Å². The lowest BCUT2D eigenvalue weighted by Gasteiger charge is -2.11. The van der Waals surface area contributed by atoms with E-state index in [1.165, 1.54) is 24.4 Å². The molecule has 0 bridgehead atoms. The zero-order chi connectivity index (χ0) is 12.5. The molecule has 1 aromatic heterocycles. The Morgan fingerprint density at radius 3 is 2.53 bits per heavy atom. The summed E-state index contributed by atoms with van der Waals surface area (Å²) in [5.74, 6) is 0.283. The third-order valence-corrected chi connectivity index (χ3v) is 1.96. The summed E-state index contributed by atoms with van der Waals surface area (Å²) in [4.78, 5) is 3.86. The third kappa shape index (κ3) is 2.77. The molecule has 3 nitrogen and oxygen atoms in total. The lowest BCUT2D eigenvalue weighted by Crippen LogP contribution is -2.17. The van der Waals surface area contributed by atoms with Gasteiger partial charge in [0, 0.05) is 0 Å². The number of aryl methyl sites for hydroxylation is 1. The summed E-state index contributed by atoms with van der Waals surface area (Å²) < 4.78 is 45.6. The summed E-state index contributed by atoms with van der Waals surface area (Å²) >= 11 is 0. The van der Waals surface area contributed by atoms with Gasteiger partial charge in [0.2, 0.25) is 5.89 Å². The van der Waals surface area contributed by atoms with Crippen LogP contribution >= 0.6 is 0 Å². The van der Waals surface area contributed by atoms with Crippen molar-refractivity contribution in [2.75, 3.05) is 0 Å². The topological polar surface area (TPSA) is 35.3 Å². The van der Waals surface area contributed by atoms with Gasteiger partial charge in [-0.05, 0) is 19.1 Å². The van der Waals surface area contributed by atoms with E-state index in [9.17, 15) is 13.2 Å². The van der Waals surface area contributed by atoms with Gasteiger partial charge < -0.3 is 9.15 Å². The number of oxazole rings is 1. The molecule has 0 saturated carbocycles. The van der Waals surface area contributed by atoms with Gasteiger partial charge in [0.25, 0.3) is 0 Å². The Morgan fingerprint density at radius 1 is 1.24 bits per heavy atom. The third-order valence-electron chi connectivity index (χ3n) is 1.96. The van der Waals surface area contributed by atoms with Crippen LogP contribution in [0.1, 0.15) is 5.76 Å². The van der Waals surface area contributed by atoms with E-state index < -0.39 is 6.36 Å². The van der Waals surface area contributed by atoms with Crippen molar-refractivity contribution in [3.63, 3.8) is 0 Å². The Morgan fingerprint density at radius 2 is 1.94 bits per heavy atom. The van der Waals surface area contributed by atoms with E-state index in [2.05, 4.69) is 9.72 Å². The van der Waals surface area contributed by atoms with Crippen LogP contribution < -0.4 is 4.74 Å². The molecule has 0 N–H and O–H groups in total. The van der Waals surface area contributed by atoms with Gasteiger partial charge in [0.05, 0.1) is 11.8 Å². The maximum Gasteiger partial charge on any atom is 0.573 e. The average Bonchev–Trinajstić information content (AvgIpc) is 2.63. The van der Waals surface area contributed by atoms with Gasteiger partial charge in [-0.25, -0.2) is 4.98 Å². The SMILES string of the molecule is Cc1cnc(-c2ccccc2OC(F)(F)F)o1. The summed E-state index contributed by atoms with van der Waals surface area (Å²) in [6, 6.07) is 5.69. The molecule has 0 atom stereocenters. The number of aromatic nitrogens is 1. The lowest BCUT2D eigenvalue weighted by molar-refractivity contribution is -0.274. The smallest absolute Gasteiger partial charge is 0.441 e. The number of ether oxygens (including phenoxy) is 1. The molecular formula is C11H8F3NO2. The Balaban J connectivity index is 2.41. The lowest BCUT2D eigenvalue weighted by atomic mass is 10.2. The van der Waals surface area contributed by atoms with E-state index in [0.717, 1.165) is 0 Å². The molecule has 0 fully saturated rings. The second kappa shape index (κ2) is 4.12. The molecule has 17 heavy (non-hydrogen) atoms. The molecular weight excluding hydrogens is 235 g/mol. The molecule has 2 rings (SSSR count). The molecule has 90 valence electrons. The fraction of sp³-hybridized carbons (Fsp3) is 0.182. The van der Waals surface area contributed by atoms with Gasteiger partial charge in [-0.2, -0.15) is 0 Å². The van der Waals surface area contributed by atoms with E-state index in [0.29, 0.717) is 5.76 Å². The molecule has 1 aromatic carbocycles. The Kier molecular flexibility index (Phi) is 2.79. The Hall–Kier alpha value is -1.98. The van der Waals surface area contributed by atoms with Crippen LogP contribution in [0.15, 0.2) is 34.9 Å². The van der Waals surface area contributed by atoms with Gasteiger partial charge in [0.1, 0.15) is 11.5 Å². The summed E-state index contributed by atoms with van der Waals surface area (Å²) in [7, 11) is 0. The number of halogens is 3. The summed E-state index contributed by atoms with van der Waals surface area (Å²) in [5, 5.41) is 0. The van der Waals surface area contributed by atoms with E-state index in [-0.39, 0.29) is 17.2 Å². The number of para-hydroxylation sites is 1. The number of nitrogens with zero attached hydrogens (tertiary/aromatic N) is 1. The van der Waals surface area contributed by atoms with Gasteiger partial charge in [0.15, 0.2) is 0 Å². The maximum atomic E-state index is 12.2. The van der Waals surface area contributed by atoms with Crippen LogP contribution in [0.2, 0.25) is 0 Å². The largest absolute Gasteiger partial charge is 0.573 e. The molecule has 0 radical (unpaired) electrons. The van der Waals surface area contributed by atoms with Crippen molar-refractivity contribution in [3.05, 3.63) is 36.2 Å². The highest BCUT2D eigenvalue weighted by molar-refractivity contribution is 5.62. The maximum absolute atomic E-state index is 12.2. The van der Waals surface area contributed by atoms with E-state index in [1.807, 2.05) is 0 Å². The molecule has 0 spiro atoms. The first-order valence-electron chi connectivity index (χ1n) is 4.73. The summed E-state index contributed by atoms with van der Waals surface area (Å²) in [6.45, 7) is 1.66. The molecule has 6 heteroatoms. The van der Waals surface area contributed by atoms with Crippen LogP contribution in [0.4, 0.5) is 13.2 Å². The van der Waals surface area contributed by atoms with Gasteiger partial charge in [-0.1, -0.05) is 12.1 Å². The fourth-order valence-corrected chi connectivity index (χ4v) is 1.34. The van der Waals surface area contributed by atoms with Crippen LogP contribution in [0.3, 0.4) is 0 Å². The molecule has 1 heterocycles. The predicted molar refractivity (Wildman–Crippen MR) is 53.4 cm³/mol. The number of hydrogen-bond acceptors (Lipinski definition) is 3. The van der Waals surface area contributed by atoms with Crippen LogP contribution in [0.25, 0.3) is 11.5 Å². The number of rotatable bonds is 2. The first-order valence-corrected chi connectivity index (χ1v) is 4.73. The fourth-order valence-electron chi connectivity index (χ4n) is 1.34. The Bertz CT molecular complexity index is 519. The molecule has 0 unspecified atom stereocenters. The second-order valence-corrected chi connectivity index (χ2v) is 3.32. The highest BCUT2D eigenvalue weighted by Gasteiger charge is 2.32. The van der Waals surface area contributed by atoms with Crippen molar-refractivity contribution < 1.29 is 22.3 Å². The number of alkyl halides is 3. The van der Waals surface area contributed by atoms with Crippen molar-refractivity contribution in [1.82, 2.24) is 4.98 Å². The van der Waals surface area contributed by atoms with Gasteiger partial charge in [-0.3, -0.25) is 0 Å². The molecule has 0 aliphatic heterocycles. The van der Waals surface area contributed by atoms with E-state index >= 15 is 0 Å². The second-order valence-electron chi connectivity index (χ2n) is 3.32. The van der Waals surface area contributed by atoms with Crippen molar-refractivity contribution in [3.8, 4) is 17.2 Å². The summed E-state index contributed by atoms with van der Waals surface area (Å²) in [5.41, 5.74) is 0.165. The standard InChI is InChI=1S/C11H8F3NO2/c1-7-6-15-10(16-7)8-4-2-3-5-9(8)17-11(12,13)14/h2-6H,1H3. The molecule has 0 aliphatic rings. The monoisotopic (exact) mass is 243 g/mol. The minimum absolute atomic E-state index is 0.0994. The van der Waals surface area contributed by atoms with E-state index in [4.69, 9.17) is 4.42 Å².